The number of rotatable bonds is 6. The predicted molar refractivity (Wildman–Crippen MR) is 109 cm³/mol. The van der Waals surface area contributed by atoms with Gasteiger partial charge in [0.15, 0.2) is 6.29 Å². The van der Waals surface area contributed by atoms with Crippen LogP contribution in [0.25, 0.3) is 0 Å². The van der Waals surface area contributed by atoms with Crippen molar-refractivity contribution in [3.05, 3.63) is 34.4 Å². The van der Waals surface area contributed by atoms with Crippen molar-refractivity contribution in [2.75, 3.05) is 13.2 Å². The second-order valence-corrected chi connectivity index (χ2v) is 9.01. The van der Waals surface area contributed by atoms with Gasteiger partial charge in [0.1, 0.15) is 0 Å². The standard InChI is InChI=1S/C24H38O2/c1-17-5-7-21(8-6-17)9-10-22-13-18(2)24(19(3)14-22)12-11-23-15-25-20(4)26-16-23/h13-14,17,20-21,23H,5-12,15-16H2,1-4H3. The van der Waals surface area contributed by atoms with Crippen molar-refractivity contribution in [1.29, 1.82) is 0 Å². The Labute approximate surface area is 160 Å². The molecule has 2 fully saturated rings. The molecule has 0 N–H and O–H groups in total. The highest BCUT2D eigenvalue weighted by Crippen LogP contribution is 2.31. The predicted octanol–water partition coefficient (Wildman–Crippen LogP) is 6.00. The average molecular weight is 359 g/mol. The molecular formula is C24H38O2. The molecule has 0 aromatic heterocycles. The zero-order valence-corrected chi connectivity index (χ0v) is 17.4. The molecule has 146 valence electrons. The van der Waals surface area contributed by atoms with Crippen LogP contribution >= 0.6 is 0 Å². The molecule has 1 saturated carbocycles. The van der Waals surface area contributed by atoms with Crippen molar-refractivity contribution < 1.29 is 9.47 Å². The van der Waals surface area contributed by atoms with Crippen LogP contribution in [0.1, 0.15) is 74.6 Å². The summed E-state index contributed by atoms with van der Waals surface area (Å²) in [5.41, 5.74) is 6.03. The van der Waals surface area contributed by atoms with Gasteiger partial charge in [0.25, 0.3) is 0 Å². The van der Waals surface area contributed by atoms with E-state index in [1.54, 1.807) is 11.1 Å². The Morgan fingerprint density at radius 2 is 1.38 bits per heavy atom. The summed E-state index contributed by atoms with van der Waals surface area (Å²) in [4.78, 5) is 0. The Hall–Kier alpha value is -0.860. The fourth-order valence-corrected chi connectivity index (χ4v) is 4.76. The van der Waals surface area contributed by atoms with E-state index < -0.39 is 0 Å². The molecule has 0 amide bonds. The molecular weight excluding hydrogens is 320 g/mol. The molecule has 0 bridgehead atoms. The molecule has 0 radical (unpaired) electrons. The van der Waals surface area contributed by atoms with Crippen molar-refractivity contribution >= 4 is 0 Å². The molecule has 2 nitrogen and oxygen atoms in total. The van der Waals surface area contributed by atoms with Gasteiger partial charge in [-0.25, -0.2) is 0 Å². The van der Waals surface area contributed by atoms with E-state index in [2.05, 4.69) is 32.9 Å². The minimum Gasteiger partial charge on any atom is -0.353 e. The van der Waals surface area contributed by atoms with Crippen LogP contribution in [-0.4, -0.2) is 19.5 Å². The van der Waals surface area contributed by atoms with E-state index in [-0.39, 0.29) is 6.29 Å². The van der Waals surface area contributed by atoms with Crippen molar-refractivity contribution in [2.24, 2.45) is 17.8 Å². The van der Waals surface area contributed by atoms with E-state index in [0.717, 1.165) is 37.9 Å². The molecule has 1 aromatic carbocycles. The van der Waals surface area contributed by atoms with E-state index in [0.29, 0.717) is 5.92 Å². The zero-order chi connectivity index (χ0) is 18.5. The van der Waals surface area contributed by atoms with Crippen LogP contribution in [0.3, 0.4) is 0 Å². The highest BCUT2D eigenvalue weighted by Gasteiger charge is 2.20. The highest BCUT2D eigenvalue weighted by atomic mass is 16.7. The van der Waals surface area contributed by atoms with Gasteiger partial charge in [-0.15, -0.1) is 0 Å². The van der Waals surface area contributed by atoms with Crippen LogP contribution in [0.4, 0.5) is 0 Å². The quantitative estimate of drug-likeness (QED) is 0.620. The molecule has 1 aliphatic carbocycles. The minimum atomic E-state index is -0.0265. The summed E-state index contributed by atoms with van der Waals surface area (Å²) >= 11 is 0. The molecule has 1 aromatic rings. The van der Waals surface area contributed by atoms with Crippen LogP contribution < -0.4 is 0 Å². The Morgan fingerprint density at radius 1 is 0.808 bits per heavy atom. The van der Waals surface area contributed by atoms with Crippen LogP contribution in [0.2, 0.25) is 0 Å². The third-order valence-corrected chi connectivity index (χ3v) is 6.67. The van der Waals surface area contributed by atoms with Crippen LogP contribution in [0.5, 0.6) is 0 Å². The second-order valence-electron chi connectivity index (χ2n) is 9.01. The number of benzene rings is 1. The summed E-state index contributed by atoms with van der Waals surface area (Å²) in [5, 5.41) is 0. The smallest absolute Gasteiger partial charge is 0.154 e. The lowest BCUT2D eigenvalue weighted by Crippen LogP contribution is -2.30. The minimum absolute atomic E-state index is 0.0265. The lowest BCUT2D eigenvalue weighted by atomic mass is 9.80. The third-order valence-electron chi connectivity index (χ3n) is 6.67. The highest BCUT2D eigenvalue weighted by molar-refractivity contribution is 5.38. The molecule has 2 heteroatoms. The third kappa shape index (κ3) is 5.57. The van der Waals surface area contributed by atoms with Crippen LogP contribution in [0, 0.1) is 31.6 Å². The fraction of sp³-hybridized carbons (Fsp3) is 0.750. The molecule has 0 spiro atoms. The molecule has 26 heavy (non-hydrogen) atoms. The molecule has 2 aliphatic rings. The molecule has 1 aliphatic heterocycles. The van der Waals surface area contributed by atoms with Crippen molar-refractivity contribution in [3.8, 4) is 0 Å². The van der Waals surface area contributed by atoms with Gasteiger partial charge in [-0.2, -0.15) is 0 Å². The first kappa shape index (κ1) is 19.9. The van der Waals surface area contributed by atoms with Crippen LogP contribution in [-0.2, 0) is 22.3 Å². The number of hydrogen-bond acceptors (Lipinski definition) is 2. The van der Waals surface area contributed by atoms with Gasteiger partial charge in [-0.1, -0.05) is 44.7 Å². The number of hydrogen-bond donors (Lipinski definition) is 0. The van der Waals surface area contributed by atoms with Gasteiger partial charge >= 0.3 is 0 Å². The van der Waals surface area contributed by atoms with E-state index >= 15 is 0 Å². The van der Waals surface area contributed by atoms with E-state index in [4.69, 9.17) is 9.47 Å². The van der Waals surface area contributed by atoms with E-state index in [1.807, 2.05) is 6.92 Å². The maximum Gasteiger partial charge on any atom is 0.154 e. The zero-order valence-electron chi connectivity index (χ0n) is 17.4. The second kappa shape index (κ2) is 9.37. The Kier molecular flexibility index (Phi) is 7.17. The fourth-order valence-electron chi connectivity index (χ4n) is 4.76. The molecule has 3 rings (SSSR count). The van der Waals surface area contributed by atoms with Gasteiger partial charge in [0.2, 0.25) is 0 Å². The van der Waals surface area contributed by atoms with Crippen LogP contribution in [0.15, 0.2) is 12.1 Å². The van der Waals surface area contributed by atoms with Crippen molar-refractivity contribution in [1.82, 2.24) is 0 Å². The Morgan fingerprint density at radius 3 is 2.00 bits per heavy atom. The van der Waals surface area contributed by atoms with Gasteiger partial charge in [-0.05, 0) is 80.5 Å². The summed E-state index contributed by atoms with van der Waals surface area (Å²) in [5.74, 6) is 2.46. The largest absolute Gasteiger partial charge is 0.353 e. The Bertz CT molecular complexity index is 541. The summed E-state index contributed by atoms with van der Waals surface area (Å²) in [7, 11) is 0. The monoisotopic (exact) mass is 358 g/mol. The van der Waals surface area contributed by atoms with Gasteiger partial charge in [0.05, 0.1) is 13.2 Å². The SMILES string of the molecule is Cc1cc(CCC2CCC(C)CC2)cc(C)c1CCC1COC(C)OC1. The maximum atomic E-state index is 5.63. The summed E-state index contributed by atoms with van der Waals surface area (Å²) in [6.45, 7) is 10.7. The van der Waals surface area contributed by atoms with E-state index in [9.17, 15) is 0 Å². The van der Waals surface area contributed by atoms with Crippen molar-refractivity contribution in [3.63, 3.8) is 0 Å². The summed E-state index contributed by atoms with van der Waals surface area (Å²) in [6.07, 6.45) is 10.7. The first-order valence-electron chi connectivity index (χ1n) is 10.8. The maximum absolute atomic E-state index is 5.63. The van der Waals surface area contributed by atoms with Gasteiger partial charge in [0, 0.05) is 5.92 Å². The average Bonchev–Trinajstić information content (AvgIpc) is 2.62. The van der Waals surface area contributed by atoms with Crippen molar-refractivity contribution in [2.45, 2.75) is 85.4 Å². The van der Waals surface area contributed by atoms with Gasteiger partial charge in [-0.3, -0.25) is 0 Å². The van der Waals surface area contributed by atoms with E-state index in [1.165, 1.54) is 49.7 Å². The summed E-state index contributed by atoms with van der Waals surface area (Å²) in [6, 6.07) is 4.90. The molecule has 1 saturated heterocycles. The molecule has 1 heterocycles. The topological polar surface area (TPSA) is 18.5 Å². The summed E-state index contributed by atoms with van der Waals surface area (Å²) < 4.78 is 11.3. The number of aryl methyl sites for hydroxylation is 3. The molecule has 0 atom stereocenters. The first-order valence-corrected chi connectivity index (χ1v) is 10.8. The first-order chi connectivity index (χ1) is 12.5. The lowest BCUT2D eigenvalue weighted by molar-refractivity contribution is -0.190. The van der Waals surface area contributed by atoms with Gasteiger partial charge < -0.3 is 9.47 Å². The Balaban J connectivity index is 1.51. The molecule has 0 unspecified atom stereocenters. The number of ether oxygens (including phenoxy) is 2. The normalized spacial score (nSPS) is 29.7. The lowest BCUT2D eigenvalue weighted by Gasteiger charge is -2.27.